The smallest absolute Gasteiger partial charge is 0.338 e. The van der Waals surface area contributed by atoms with Gasteiger partial charge in [-0.25, -0.2) is 9.69 Å². The molecule has 46 heavy (non-hydrogen) atoms. The number of thioether (sulfide) groups is 1. The molecule has 0 aliphatic carbocycles. The molecule has 3 heterocycles. The van der Waals surface area contributed by atoms with Crippen molar-refractivity contribution in [2.75, 3.05) is 35.8 Å². The van der Waals surface area contributed by atoms with Crippen LogP contribution >= 0.6 is 23.1 Å². The van der Waals surface area contributed by atoms with Gasteiger partial charge in [-0.15, -0.1) is 0 Å². The second-order valence-electron chi connectivity index (χ2n) is 11.3. The largest absolute Gasteiger partial charge is 0.462 e. The highest BCUT2D eigenvalue weighted by molar-refractivity contribution is 8.00. The van der Waals surface area contributed by atoms with Crippen molar-refractivity contribution >= 4 is 63.9 Å². The van der Waals surface area contributed by atoms with Crippen molar-refractivity contribution in [3.63, 3.8) is 0 Å². The number of rotatable bonds is 8. The predicted octanol–water partition coefficient (Wildman–Crippen LogP) is 4.90. The molecule has 0 unspecified atom stereocenters. The van der Waals surface area contributed by atoms with E-state index in [4.69, 9.17) is 4.74 Å². The highest BCUT2D eigenvalue weighted by Gasteiger charge is 2.56. The van der Waals surface area contributed by atoms with Crippen LogP contribution in [0.1, 0.15) is 39.2 Å². The molecule has 10 nitrogen and oxygen atoms in total. The standard InChI is InChI=1S/C34H32N4O6S2/c1-5-44-33(42)21-10-16-24(17-11-21)38-30(40)27-26(20-8-14-23(15-9-20)36(3)4)29-32(45-28(27)31(38)41)37(34(43)46-29)18-25(39)35-22-12-6-19(2)7-13-22/h6-17,26-28H,5,18H2,1-4H3,(H,35,39)/t26-,27-,28+/m0/s1. The Morgan fingerprint density at radius 2 is 1.59 bits per heavy atom. The first-order chi connectivity index (χ1) is 22.1. The van der Waals surface area contributed by atoms with Crippen LogP contribution in [0.5, 0.6) is 0 Å². The van der Waals surface area contributed by atoms with Gasteiger partial charge in [-0.05, 0) is 67.9 Å². The molecule has 3 atom stereocenters. The highest BCUT2D eigenvalue weighted by atomic mass is 32.2. The number of nitrogens with zero attached hydrogens (tertiary/aromatic N) is 3. The minimum Gasteiger partial charge on any atom is -0.462 e. The number of hydrogen-bond acceptors (Lipinski definition) is 9. The van der Waals surface area contributed by atoms with E-state index >= 15 is 0 Å². The molecule has 6 rings (SSSR count). The van der Waals surface area contributed by atoms with Crippen LogP contribution < -0.4 is 20.0 Å². The van der Waals surface area contributed by atoms with Crippen LogP contribution in [0.2, 0.25) is 0 Å². The van der Waals surface area contributed by atoms with Crippen LogP contribution in [0, 0.1) is 12.8 Å². The molecule has 2 aliphatic heterocycles. The number of aromatic nitrogens is 1. The van der Waals surface area contributed by atoms with E-state index < -0.39 is 29.0 Å². The molecule has 1 fully saturated rings. The zero-order chi connectivity index (χ0) is 32.7. The van der Waals surface area contributed by atoms with Crippen LogP contribution in [0.4, 0.5) is 17.1 Å². The van der Waals surface area contributed by atoms with Crippen molar-refractivity contribution in [2.24, 2.45) is 5.92 Å². The fourth-order valence-corrected chi connectivity index (χ4v) is 8.56. The number of fused-ring (bicyclic) bond motifs is 2. The number of carbonyl (C=O) groups excluding carboxylic acids is 4. The fourth-order valence-electron chi connectivity index (χ4n) is 5.79. The molecule has 1 saturated heterocycles. The average Bonchev–Trinajstić information content (AvgIpc) is 3.48. The van der Waals surface area contributed by atoms with Gasteiger partial charge in [-0.3, -0.25) is 23.7 Å². The van der Waals surface area contributed by atoms with Crippen LogP contribution in [0.25, 0.3) is 0 Å². The molecule has 2 aliphatic rings. The monoisotopic (exact) mass is 656 g/mol. The maximum absolute atomic E-state index is 14.2. The van der Waals surface area contributed by atoms with Gasteiger partial charge in [0.25, 0.3) is 0 Å². The zero-order valence-electron chi connectivity index (χ0n) is 25.7. The summed E-state index contributed by atoms with van der Waals surface area (Å²) in [6.45, 7) is 3.65. The van der Waals surface area contributed by atoms with Gasteiger partial charge in [0.1, 0.15) is 11.8 Å². The first-order valence-electron chi connectivity index (χ1n) is 14.8. The third kappa shape index (κ3) is 5.74. The van der Waals surface area contributed by atoms with Crippen molar-refractivity contribution < 1.29 is 23.9 Å². The molecule has 0 spiro atoms. The quantitative estimate of drug-likeness (QED) is 0.210. The van der Waals surface area contributed by atoms with E-state index in [-0.39, 0.29) is 29.8 Å². The predicted molar refractivity (Wildman–Crippen MR) is 179 cm³/mol. The summed E-state index contributed by atoms with van der Waals surface area (Å²) < 4.78 is 6.47. The summed E-state index contributed by atoms with van der Waals surface area (Å²) in [4.78, 5) is 70.4. The summed E-state index contributed by atoms with van der Waals surface area (Å²) >= 11 is 2.16. The summed E-state index contributed by atoms with van der Waals surface area (Å²) in [5.41, 5.74) is 4.07. The van der Waals surface area contributed by atoms with E-state index in [1.165, 1.54) is 21.6 Å². The number of nitrogens with one attached hydrogen (secondary N) is 1. The Balaban J connectivity index is 1.38. The first kappa shape index (κ1) is 31.3. The van der Waals surface area contributed by atoms with Gasteiger partial charge in [-0.1, -0.05) is 52.9 Å². The Morgan fingerprint density at radius 3 is 2.22 bits per heavy atom. The van der Waals surface area contributed by atoms with E-state index in [0.717, 1.165) is 39.9 Å². The summed E-state index contributed by atoms with van der Waals surface area (Å²) in [5.74, 6) is -3.04. The maximum atomic E-state index is 14.2. The van der Waals surface area contributed by atoms with Crippen LogP contribution in [-0.2, 0) is 25.7 Å². The number of esters is 1. The molecule has 3 aromatic carbocycles. The number of aryl methyl sites for hydroxylation is 1. The number of ether oxygens (including phenoxy) is 1. The third-order valence-corrected chi connectivity index (χ3v) is 10.7. The lowest BCUT2D eigenvalue weighted by Crippen LogP contribution is -2.33. The van der Waals surface area contributed by atoms with E-state index in [2.05, 4.69) is 5.32 Å². The number of amides is 3. The Labute approximate surface area is 274 Å². The molecular formula is C34H32N4O6S2. The summed E-state index contributed by atoms with van der Waals surface area (Å²) in [5, 5.41) is 2.52. The molecule has 1 N–H and O–H groups in total. The van der Waals surface area contributed by atoms with Crippen molar-refractivity contribution in [1.29, 1.82) is 0 Å². The van der Waals surface area contributed by atoms with E-state index in [1.807, 2.05) is 62.3 Å². The first-order valence-corrected chi connectivity index (χ1v) is 16.5. The number of hydrogen-bond donors (Lipinski definition) is 1. The second-order valence-corrected chi connectivity index (χ2v) is 13.5. The Hall–Kier alpha value is -4.68. The summed E-state index contributed by atoms with van der Waals surface area (Å²) in [6.07, 6.45) is 0. The topological polar surface area (TPSA) is 118 Å². The van der Waals surface area contributed by atoms with Crippen LogP contribution in [0.15, 0.2) is 82.6 Å². The number of thiazole rings is 1. The van der Waals surface area contributed by atoms with Crippen molar-refractivity contribution in [3.8, 4) is 0 Å². The number of benzene rings is 3. The minimum atomic E-state index is -0.830. The summed E-state index contributed by atoms with van der Waals surface area (Å²) in [7, 11) is 3.86. The van der Waals surface area contributed by atoms with Crippen LogP contribution in [-0.4, -0.2) is 54.2 Å². The Kier molecular flexibility index (Phi) is 8.58. The Morgan fingerprint density at radius 1 is 0.913 bits per heavy atom. The SMILES string of the molecule is CCOC(=O)c1ccc(N2C(=O)[C@H]3[C@H](c4ccc(N(C)C)cc4)c4sc(=O)n(CC(=O)Nc5ccc(C)cc5)c4S[C@H]3C2=O)cc1. The second kappa shape index (κ2) is 12.6. The molecule has 12 heteroatoms. The lowest BCUT2D eigenvalue weighted by atomic mass is 9.83. The molecule has 3 amide bonds. The number of anilines is 3. The molecule has 0 radical (unpaired) electrons. The van der Waals surface area contributed by atoms with Crippen molar-refractivity contribution in [3.05, 3.63) is 104 Å². The summed E-state index contributed by atoms with van der Waals surface area (Å²) in [6, 6.07) is 21.3. The van der Waals surface area contributed by atoms with Crippen molar-refractivity contribution in [2.45, 2.75) is 36.6 Å². The molecule has 4 aromatic rings. The molecule has 0 bridgehead atoms. The van der Waals surface area contributed by atoms with Crippen molar-refractivity contribution in [1.82, 2.24) is 4.57 Å². The third-order valence-electron chi connectivity index (χ3n) is 8.09. The normalized spacial score (nSPS) is 18.6. The molecular weight excluding hydrogens is 625 g/mol. The van der Waals surface area contributed by atoms with E-state index in [9.17, 15) is 24.0 Å². The average molecular weight is 657 g/mol. The number of imide groups is 1. The van der Waals surface area contributed by atoms with Gasteiger partial charge in [0, 0.05) is 36.3 Å². The van der Waals surface area contributed by atoms with E-state index in [1.54, 1.807) is 31.2 Å². The molecule has 0 saturated carbocycles. The van der Waals surface area contributed by atoms with Crippen LogP contribution in [0.3, 0.4) is 0 Å². The maximum Gasteiger partial charge on any atom is 0.338 e. The van der Waals surface area contributed by atoms with Gasteiger partial charge in [0.15, 0.2) is 0 Å². The van der Waals surface area contributed by atoms with Gasteiger partial charge in [-0.2, -0.15) is 0 Å². The Bertz CT molecular complexity index is 1880. The number of carbonyl (C=O) groups is 4. The fraction of sp³-hybridized carbons (Fsp3) is 0.265. The molecule has 1 aromatic heterocycles. The van der Waals surface area contributed by atoms with Gasteiger partial charge in [0.2, 0.25) is 17.7 Å². The highest BCUT2D eigenvalue weighted by Crippen LogP contribution is 2.54. The van der Waals surface area contributed by atoms with Gasteiger partial charge in [0.05, 0.1) is 28.8 Å². The molecule has 236 valence electrons. The van der Waals surface area contributed by atoms with E-state index in [0.29, 0.717) is 26.8 Å². The zero-order valence-corrected chi connectivity index (χ0v) is 27.3. The lowest BCUT2D eigenvalue weighted by molar-refractivity contribution is -0.122. The van der Waals surface area contributed by atoms with Gasteiger partial charge < -0.3 is 15.0 Å². The van der Waals surface area contributed by atoms with Gasteiger partial charge >= 0.3 is 10.8 Å². The lowest BCUT2D eigenvalue weighted by Gasteiger charge is -2.31. The minimum absolute atomic E-state index is 0.226.